The van der Waals surface area contributed by atoms with Crippen LogP contribution < -0.4 is 10.1 Å². The Morgan fingerprint density at radius 3 is 2.65 bits per heavy atom. The van der Waals surface area contributed by atoms with E-state index in [0.29, 0.717) is 13.2 Å². The molecule has 0 saturated carbocycles. The lowest BCUT2D eigenvalue weighted by atomic mass is 10.1. The van der Waals surface area contributed by atoms with Gasteiger partial charge in [-0.05, 0) is 44.2 Å². The predicted octanol–water partition coefficient (Wildman–Crippen LogP) is 2.35. The van der Waals surface area contributed by atoms with Crippen molar-refractivity contribution in [2.75, 3.05) is 13.7 Å². The van der Waals surface area contributed by atoms with Gasteiger partial charge in [-0.15, -0.1) is 5.10 Å². The minimum absolute atomic E-state index is 0.545. The van der Waals surface area contributed by atoms with Gasteiger partial charge in [0.1, 0.15) is 12.4 Å². The van der Waals surface area contributed by atoms with Crippen molar-refractivity contribution in [1.29, 1.82) is 0 Å². The second kappa shape index (κ2) is 6.72. The van der Waals surface area contributed by atoms with Crippen molar-refractivity contribution in [3.8, 4) is 5.75 Å². The Balaban J connectivity index is 1.89. The van der Waals surface area contributed by atoms with Gasteiger partial charge in [-0.2, -0.15) is 0 Å². The van der Waals surface area contributed by atoms with Gasteiger partial charge in [-0.3, -0.25) is 0 Å². The first-order chi connectivity index (χ1) is 9.60. The molecule has 0 aliphatic carbocycles. The molecule has 6 heteroatoms. The van der Waals surface area contributed by atoms with E-state index in [1.807, 2.05) is 39.2 Å². The Hall–Kier alpha value is -1.59. The van der Waals surface area contributed by atoms with Crippen LogP contribution in [0.3, 0.4) is 0 Å². The summed E-state index contributed by atoms with van der Waals surface area (Å²) in [6.45, 7) is 5.88. The van der Waals surface area contributed by atoms with Crippen LogP contribution in [-0.2, 0) is 13.1 Å². The smallest absolute Gasteiger partial charge is 0.120 e. The van der Waals surface area contributed by atoms with Gasteiger partial charge in [0.05, 0.1) is 12.2 Å². The monoisotopic (exact) mass is 294 g/mol. The highest BCUT2D eigenvalue weighted by molar-refractivity contribution is 6.32. The standard InChI is InChI=1S/C14H19ClN4O/c1-10-6-13(7-11(2)14(10)15)20-5-4-19-9-12(8-16-3)17-18-19/h6-7,9,16H,4-5,8H2,1-3H3. The number of benzene rings is 1. The number of hydrogen-bond donors (Lipinski definition) is 1. The van der Waals surface area contributed by atoms with E-state index in [0.717, 1.165) is 34.1 Å². The Kier molecular flexibility index (Phi) is 4.98. The summed E-state index contributed by atoms with van der Waals surface area (Å²) in [6.07, 6.45) is 1.91. The Bertz CT molecular complexity index is 559. The van der Waals surface area contributed by atoms with Crippen LogP contribution in [0.2, 0.25) is 5.02 Å². The van der Waals surface area contributed by atoms with Crippen molar-refractivity contribution >= 4 is 11.6 Å². The lowest BCUT2D eigenvalue weighted by Gasteiger charge is -2.09. The number of ether oxygens (including phenoxy) is 1. The van der Waals surface area contributed by atoms with Crippen molar-refractivity contribution in [2.45, 2.75) is 26.9 Å². The fraction of sp³-hybridized carbons (Fsp3) is 0.429. The minimum Gasteiger partial charge on any atom is -0.492 e. The van der Waals surface area contributed by atoms with Crippen molar-refractivity contribution in [1.82, 2.24) is 20.3 Å². The molecule has 2 rings (SSSR count). The van der Waals surface area contributed by atoms with Gasteiger partial charge in [-0.1, -0.05) is 16.8 Å². The summed E-state index contributed by atoms with van der Waals surface area (Å²) < 4.78 is 7.51. The second-order valence-corrected chi connectivity index (χ2v) is 5.10. The van der Waals surface area contributed by atoms with Crippen molar-refractivity contribution in [2.24, 2.45) is 0 Å². The fourth-order valence-electron chi connectivity index (χ4n) is 1.96. The zero-order chi connectivity index (χ0) is 14.5. The van der Waals surface area contributed by atoms with Crippen molar-refractivity contribution in [3.63, 3.8) is 0 Å². The van der Waals surface area contributed by atoms with E-state index in [-0.39, 0.29) is 0 Å². The second-order valence-electron chi connectivity index (χ2n) is 4.72. The highest BCUT2D eigenvalue weighted by atomic mass is 35.5. The van der Waals surface area contributed by atoms with Gasteiger partial charge in [-0.25, -0.2) is 4.68 Å². The lowest BCUT2D eigenvalue weighted by Crippen LogP contribution is -2.09. The molecule has 0 aliphatic rings. The van der Waals surface area contributed by atoms with E-state index in [1.165, 1.54) is 0 Å². The average Bonchev–Trinajstić information content (AvgIpc) is 2.84. The third-order valence-electron chi connectivity index (χ3n) is 2.94. The average molecular weight is 295 g/mol. The van der Waals surface area contributed by atoms with E-state index >= 15 is 0 Å². The van der Waals surface area contributed by atoms with E-state index in [1.54, 1.807) is 4.68 Å². The maximum atomic E-state index is 6.13. The van der Waals surface area contributed by atoms with Crippen LogP contribution in [0.1, 0.15) is 16.8 Å². The van der Waals surface area contributed by atoms with E-state index in [4.69, 9.17) is 16.3 Å². The number of nitrogens with one attached hydrogen (secondary N) is 1. The van der Waals surface area contributed by atoms with Crippen LogP contribution in [0.15, 0.2) is 18.3 Å². The molecular weight excluding hydrogens is 276 g/mol. The molecule has 0 aliphatic heterocycles. The first-order valence-corrected chi connectivity index (χ1v) is 6.91. The molecule has 0 unspecified atom stereocenters. The van der Waals surface area contributed by atoms with Crippen LogP contribution in [0.25, 0.3) is 0 Å². The quantitative estimate of drug-likeness (QED) is 0.888. The van der Waals surface area contributed by atoms with Gasteiger partial charge in [0, 0.05) is 17.8 Å². The molecule has 0 amide bonds. The van der Waals surface area contributed by atoms with E-state index in [9.17, 15) is 0 Å². The molecule has 0 radical (unpaired) electrons. The minimum atomic E-state index is 0.545. The Morgan fingerprint density at radius 2 is 2.00 bits per heavy atom. The summed E-state index contributed by atoms with van der Waals surface area (Å²) in [6, 6.07) is 3.90. The van der Waals surface area contributed by atoms with Gasteiger partial charge in [0.2, 0.25) is 0 Å². The highest BCUT2D eigenvalue weighted by Crippen LogP contribution is 2.25. The molecule has 20 heavy (non-hydrogen) atoms. The maximum absolute atomic E-state index is 6.13. The molecule has 1 aromatic carbocycles. The third kappa shape index (κ3) is 3.71. The lowest BCUT2D eigenvalue weighted by molar-refractivity contribution is 0.289. The molecule has 2 aromatic rings. The largest absolute Gasteiger partial charge is 0.492 e. The third-order valence-corrected chi connectivity index (χ3v) is 3.54. The summed E-state index contributed by atoms with van der Waals surface area (Å²) in [4.78, 5) is 0. The topological polar surface area (TPSA) is 52.0 Å². The van der Waals surface area contributed by atoms with Crippen LogP contribution in [-0.4, -0.2) is 28.6 Å². The summed E-state index contributed by atoms with van der Waals surface area (Å²) >= 11 is 6.13. The van der Waals surface area contributed by atoms with Gasteiger partial charge >= 0.3 is 0 Å². The van der Waals surface area contributed by atoms with Gasteiger partial charge < -0.3 is 10.1 Å². The molecular formula is C14H19ClN4O. The van der Waals surface area contributed by atoms with E-state index < -0.39 is 0 Å². The normalized spacial score (nSPS) is 10.8. The summed E-state index contributed by atoms with van der Waals surface area (Å²) in [7, 11) is 1.88. The first-order valence-electron chi connectivity index (χ1n) is 6.53. The van der Waals surface area contributed by atoms with Crippen LogP contribution in [0, 0.1) is 13.8 Å². The van der Waals surface area contributed by atoms with Gasteiger partial charge in [0.15, 0.2) is 0 Å². The highest BCUT2D eigenvalue weighted by Gasteiger charge is 2.04. The maximum Gasteiger partial charge on any atom is 0.120 e. The molecule has 1 heterocycles. The van der Waals surface area contributed by atoms with E-state index in [2.05, 4.69) is 15.6 Å². The number of aryl methyl sites for hydroxylation is 2. The molecule has 0 saturated heterocycles. The molecule has 1 aromatic heterocycles. The number of halogens is 1. The Morgan fingerprint density at radius 1 is 1.30 bits per heavy atom. The number of rotatable bonds is 6. The molecule has 5 nitrogen and oxygen atoms in total. The number of aromatic nitrogens is 3. The van der Waals surface area contributed by atoms with Crippen LogP contribution in [0.4, 0.5) is 0 Å². The van der Waals surface area contributed by atoms with Crippen LogP contribution in [0.5, 0.6) is 5.75 Å². The summed E-state index contributed by atoms with van der Waals surface area (Å²) in [5, 5.41) is 11.9. The fourth-order valence-corrected chi connectivity index (χ4v) is 2.07. The SMILES string of the molecule is CNCc1cn(CCOc2cc(C)c(Cl)c(C)c2)nn1. The molecule has 108 valence electrons. The number of nitrogens with zero attached hydrogens (tertiary/aromatic N) is 3. The van der Waals surface area contributed by atoms with Crippen LogP contribution >= 0.6 is 11.6 Å². The Labute approximate surface area is 123 Å². The molecule has 0 atom stereocenters. The van der Waals surface area contributed by atoms with Gasteiger partial charge in [0.25, 0.3) is 0 Å². The first kappa shape index (κ1) is 14.8. The number of hydrogen-bond acceptors (Lipinski definition) is 4. The molecule has 0 fully saturated rings. The molecule has 0 bridgehead atoms. The van der Waals surface area contributed by atoms with Crippen molar-refractivity contribution in [3.05, 3.63) is 40.2 Å². The predicted molar refractivity (Wildman–Crippen MR) is 79.2 cm³/mol. The summed E-state index contributed by atoms with van der Waals surface area (Å²) in [5.41, 5.74) is 2.98. The van der Waals surface area contributed by atoms with Crippen molar-refractivity contribution < 1.29 is 4.74 Å². The molecule has 1 N–H and O–H groups in total. The zero-order valence-electron chi connectivity index (χ0n) is 12.0. The molecule has 0 spiro atoms. The zero-order valence-corrected chi connectivity index (χ0v) is 12.7. The summed E-state index contributed by atoms with van der Waals surface area (Å²) in [5.74, 6) is 0.833.